The minimum atomic E-state index is -0.309. The van der Waals surface area contributed by atoms with Gasteiger partial charge in [-0.05, 0) is 6.92 Å². The Labute approximate surface area is 101 Å². The normalized spacial score (nSPS) is 10.9. The molecule has 0 aromatic carbocycles. The molecule has 0 radical (unpaired) electrons. The topological polar surface area (TPSA) is 101 Å². The van der Waals surface area contributed by atoms with E-state index in [2.05, 4.69) is 25.7 Å². The summed E-state index contributed by atoms with van der Waals surface area (Å²) in [6.07, 6.45) is 1.41. The van der Waals surface area contributed by atoms with E-state index in [1.807, 2.05) is 13.0 Å². The summed E-state index contributed by atoms with van der Waals surface area (Å²) in [5, 5.41) is 13.1. The number of nitrogens with one attached hydrogen (secondary N) is 2. The fourth-order valence-corrected chi connectivity index (χ4v) is 1.59. The van der Waals surface area contributed by atoms with Gasteiger partial charge in [-0.3, -0.25) is 0 Å². The second kappa shape index (κ2) is 3.99. The number of aromatic amines is 1. The van der Waals surface area contributed by atoms with Crippen molar-refractivity contribution in [2.45, 2.75) is 13.5 Å². The van der Waals surface area contributed by atoms with Crippen LogP contribution in [0.1, 0.15) is 11.5 Å². The smallest absolute Gasteiger partial charge is 0.348 e. The average Bonchev–Trinajstić information content (AvgIpc) is 2.94. The van der Waals surface area contributed by atoms with Crippen LogP contribution >= 0.6 is 0 Å². The van der Waals surface area contributed by atoms with Crippen molar-refractivity contribution in [3.05, 3.63) is 40.4 Å². The lowest BCUT2D eigenvalue weighted by atomic mass is 10.4. The molecule has 8 nitrogen and oxygen atoms in total. The fraction of sp³-hybridized carbons (Fsp3) is 0.200. The highest BCUT2D eigenvalue weighted by Gasteiger charge is 2.04. The highest BCUT2D eigenvalue weighted by Crippen LogP contribution is 2.07. The van der Waals surface area contributed by atoms with E-state index in [4.69, 9.17) is 4.52 Å². The second-order valence-corrected chi connectivity index (χ2v) is 3.81. The molecule has 0 spiro atoms. The van der Waals surface area contributed by atoms with Gasteiger partial charge in [0.15, 0.2) is 5.65 Å². The summed E-state index contributed by atoms with van der Waals surface area (Å²) in [4.78, 5) is 15.3. The molecule has 18 heavy (non-hydrogen) atoms. The van der Waals surface area contributed by atoms with Gasteiger partial charge in [0.1, 0.15) is 23.6 Å². The molecule has 3 aromatic rings. The Morgan fingerprint density at radius 1 is 1.50 bits per heavy atom. The van der Waals surface area contributed by atoms with Crippen LogP contribution in [0.2, 0.25) is 0 Å². The summed E-state index contributed by atoms with van der Waals surface area (Å²) >= 11 is 0. The number of fused-ring (bicyclic) bond motifs is 1. The van der Waals surface area contributed by atoms with Crippen LogP contribution in [0, 0.1) is 6.92 Å². The number of H-pyrrole nitrogens is 1. The molecule has 3 heterocycles. The molecule has 3 rings (SSSR count). The monoisotopic (exact) mass is 246 g/mol. The summed E-state index contributed by atoms with van der Waals surface area (Å²) in [6.45, 7) is 2.33. The van der Waals surface area contributed by atoms with Crippen LogP contribution in [-0.2, 0) is 6.54 Å². The third-order valence-corrected chi connectivity index (χ3v) is 2.44. The van der Waals surface area contributed by atoms with Crippen molar-refractivity contribution in [2.75, 3.05) is 5.32 Å². The first kappa shape index (κ1) is 10.5. The first-order valence-corrected chi connectivity index (χ1v) is 5.31. The Bertz CT molecular complexity index is 740. The highest BCUT2D eigenvalue weighted by atomic mass is 16.5. The average molecular weight is 246 g/mol. The number of rotatable bonds is 3. The van der Waals surface area contributed by atoms with Gasteiger partial charge in [-0.15, -0.1) is 0 Å². The zero-order chi connectivity index (χ0) is 12.5. The highest BCUT2D eigenvalue weighted by molar-refractivity contribution is 5.48. The van der Waals surface area contributed by atoms with Crippen LogP contribution in [0.3, 0.4) is 0 Å². The third-order valence-electron chi connectivity index (χ3n) is 2.44. The van der Waals surface area contributed by atoms with Gasteiger partial charge in [-0.25, -0.2) is 19.3 Å². The Kier molecular flexibility index (Phi) is 2.33. The van der Waals surface area contributed by atoms with Crippen LogP contribution < -0.4 is 11.0 Å². The van der Waals surface area contributed by atoms with Gasteiger partial charge in [0, 0.05) is 12.1 Å². The molecule has 0 aliphatic rings. The Balaban J connectivity index is 1.80. The van der Waals surface area contributed by atoms with E-state index in [9.17, 15) is 4.79 Å². The molecule has 0 unspecified atom stereocenters. The number of anilines is 1. The van der Waals surface area contributed by atoms with Gasteiger partial charge >= 0.3 is 5.69 Å². The molecule has 0 saturated carbocycles. The van der Waals surface area contributed by atoms with Crippen molar-refractivity contribution in [3.63, 3.8) is 0 Å². The predicted molar refractivity (Wildman–Crippen MR) is 62.2 cm³/mol. The maximum atomic E-state index is 11.2. The number of hydrogen-bond acceptors (Lipinski definition) is 6. The predicted octanol–water partition coefficient (Wildman–Crippen LogP) is 0.326. The van der Waals surface area contributed by atoms with E-state index < -0.39 is 0 Å². The molecule has 92 valence electrons. The second-order valence-electron chi connectivity index (χ2n) is 3.81. The van der Waals surface area contributed by atoms with Crippen LogP contribution in [-0.4, -0.2) is 24.7 Å². The van der Waals surface area contributed by atoms with Crippen molar-refractivity contribution in [2.24, 2.45) is 0 Å². The van der Waals surface area contributed by atoms with Gasteiger partial charge in [0.2, 0.25) is 0 Å². The number of hydrogen-bond donors (Lipinski definition) is 2. The van der Waals surface area contributed by atoms with E-state index in [1.165, 1.54) is 10.7 Å². The molecule has 0 aliphatic carbocycles. The van der Waals surface area contributed by atoms with Crippen molar-refractivity contribution in [1.29, 1.82) is 0 Å². The number of aryl methyl sites for hydroxylation is 1. The van der Waals surface area contributed by atoms with Gasteiger partial charge < -0.3 is 9.84 Å². The van der Waals surface area contributed by atoms with Crippen LogP contribution in [0.25, 0.3) is 5.65 Å². The van der Waals surface area contributed by atoms with E-state index in [1.54, 1.807) is 6.07 Å². The zero-order valence-corrected chi connectivity index (χ0v) is 9.54. The minimum absolute atomic E-state index is 0.309. The standard InChI is InChI=1S/C10H10N6O2/c1-6-2-7(15-18-6)4-11-8-3-9-13-14-10(17)16(9)5-12-8/h2-3,5,11H,4H2,1H3,(H,14,17). The van der Waals surface area contributed by atoms with Gasteiger partial charge in [-0.2, -0.15) is 5.10 Å². The molecular weight excluding hydrogens is 236 g/mol. The van der Waals surface area contributed by atoms with Gasteiger partial charge in [0.05, 0.1) is 6.54 Å². The van der Waals surface area contributed by atoms with Crippen LogP contribution in [0.15, 0.2) is 27.8 Å². The third kappa shape index (κ3) is 1.83. The summed E-state index contributed by atoms with van der Waals surface area (Å²) in [7, 11) is 0. The Morgan fingerprint density at radius 3 is 3.17 bits per heavy atom. The van der Waals surface area contributed by atoms with E-state index >= 15 is 0 Å². The molecule has 0 aliphatic heterocycles. The quantitative estimate of drug-likeness (QED) is 0.690. The lowest BCUT2D eigenvalue weighted by Crippen LogP contribution is -2.10. The first-order chi connectivity index (χ1) is 8.72. The van der Waals surface area contributed by atoms with Crippen LogP contribution in [0.4, 0.5) is 5.82 Å². The molecule has 0 bridgehead atoms. The number of nitrogens with zero attached hydrogens (tertiary/aromatic N) is 4. The Morgan fingerprint density at radius 2 is 2.39 bits per heavy atom. The molecule has 0 atom stereocenters. The molecule has 0 saturated heterocycles. The van der Waals surface area contributed by atoms with Crippen molar-refractivity contribution < 1.29 is 4.52 Å². The zero-order valence-electron chi connectivity index (χ0n) is 9.54. The molecule has 0 fully saturated rings. The lowest BCUT2D eigenvalue weighted by molar-refractivity contribution is 0.391. The molecule has 8 heteroatoms. The minimum Gasteiger partial charge on any atom is -0.364 e. The van der Waals surface area contributed by atoms with Crippen molar-refractivity contribution in [1.82, 2.24) is 24.7 Å². The molecule has 2 N–H and O–H groups in total. The SMILES string of the molecule is Cc1cc(CNc2cc3n[nH]c(=O)n3cn2)no1. The summed E-state index contributed by atoms with van der Waals surface area (Å²) in [6, 6.07) is 3.51. The fourth-order valence-electron chi connectivity index (χ4n) is 1.59. The van der Waals surface area contributed by atoms with Crippen LogP contribution in [0.5, 0.6) is 0 Å². The molecule has 3 aromatic heterocycles. The molecular formula is C10H10N6O2. The maximum absolute atomic E-state index is 11.2. The van der Waals surface area contributed by atoms with E-state index in [-0.39, 0.29) is 5.69 Å². The Hall–Kier alpha value is -2.64. The first-order valence-electron chi connectivity index (χ1n) is 5.31. The van der Waals surface area contributed by atoms with Gasteiger partial charge in [0.25, 0.3) is 0 Å². The largest absolute Gasteiger partial charge is 0.364 e. The summed E-state index contributed by atoms with van der Waals surface area (Å²) in [5.74, 6) is 1.37. The van der Waals surface area contributed by atoms with Crippen molar-refractivity contribution >= 4 is 11.5 Å². The number of aromatic nitrogens is 5. The maximum Gasteiger partial charge on any atom is 0.348 e. The van der Waals surface area contributed by atoms with E-state index in [0.29, 0.717) is 18.0 Å². The van der Waals surface area contributed by atoms with E-state index in [0.717, 1.165) is 11.5 Å². The van der Waals surface area contributed by atoms with Crippen molar-refractivity contribution in [3.8, 4) is 0 Å². The lowest BCUT2D eigenvalue weighted by Gasteiger charge is -2.02. The summed E-state index contributed by atoms with van der Waals surface area (Å²) < 4.78 is 6.28. The van der Waals surface area contributed by atoms with Gasteiger partial charge in [-0.1, -0.05) is 5.16 Å². The molecule has 0 amide bonds. The summed E-state index contributed by atoms with van der Waals surface area (Å²) in [5.41, 5.74) is 0.985.